The fourth-order valence-corrected chi connectivity index (χ4v) is 4.24. The Kier molecular flexibility index (Phi) is 7.02. The van der Waals surface area contributed by atoms with Gasteiger partial charge >= 0.3 is 0 Å². The molecule has 0 aliphatic carbocycles. The summed E-state index contributed by atoms with van der Waals surface area (Å²) in [5, 5.41) is 3.11. The highest BCUT2D eigenvalue weighted by Gasteiger charge is 2.31. The number of hydrogen-bond donors (Lipinski definition) is 1. The number of carbonyl (C=O) groups is 2. The van der Waals surface area contributed by atoms with Gasteiger partial charge in [0.25, 0.3) is 0 Å². The maximum atomic E-state index is 12.5. The van der Waals surface area contributed by atoms with Crippen molar-refractivity contribution in [1.29, 1.82) is 0 Å². The van der Waals surface area contributed by atoms with Gasteiger partial charge in [-0.25, -0.2) is 12.7 Å². The zero-order chi connectivity index (χ0) is 19.3. The van der Waals surface area contributed by atoms with Crippen LogP contribution in [0.2, 0.25) is 5.02 Å². The molecule has 0 bridgehead atoms. The molecule has 0 radical (unpaired) electrons. The molecule has 7 nitrogen and oxygen atoms in total. The summed E-state index contributed by atoms with van der Waals surface area (Å²) in [5.74, 6) is -0.683. The molecule has 1 aliphatic heterocycles. The van der Waals surface area contributed by atoms with E-state index in [4.69, 9.17) is 11.6 Å². The number of nitrogens with one attached hydrogen (secondary N) is 1. The maximum absolute atomic E-state index is 12.5. The van der Waals surface area contributed by atoms with Crippen LogP contribution in [0, 0.1) is 5.92 Å². The number of likely N-dealkylation sites (N-methyl/N-ethyl adjacent to an activating group) is 1. The lowest BCUT2D eigenvalue weighted by Crippen LogP contribution is -2.45. The van der Waals surface area contributed by atoms with Crippen LogP contribution in [0.15, 0.2) is 24.3 Å². The van der Waals surface area contributed by atoms with E-state index in [0.717, 1.165) is 0 Å². The first-order chi connectivity index (χ1) is 12.2. The van der Waals surface area contributed by atoms with Crippen LogP contribution in [0.25, 0.3) is 0 Å². The summed E-state index contributed by atoms with van der Waals surface area (Å²) in [7, 11) is -1.64. The average molecular weight is 402 g/mol. The van der Waals surface area contributed by atoms with Crippen LogP contribution in [0.5, 0.6) is 0 Å². The van der Waals surface area contributed by atoms with Crippen molar-refractivity contribution in [2.45, 2.75) is 19.8 Å². The lowest BCUT2D eigenvalue weighted by Gasteiger charge is -2.32. The van der Waals surface area contributed by atoms with Crippen LogP contribution in [0.4, 0.5) is 5.69 Å². The third-order valence-electron chi connectivity index (χ3n) is 4.47. The number of carbonyl (C=O) groups excluding carboxylic acids is 2. The van der Waals surface area contributed by atoms with Crippen LogP contribution in [0.1, 0.15) is 19.8 Å². The second kappa shape index (κ2) is 8.83. The molecule has 0 aromatic heterocycles. The average Bonchev–Trinajstić information content (AvgIpc) is 2.63. The second-order valence-electron chi connectivity index (χ2n) is 6.30. The minimum absolute atomic E-state index is 0.0632. The zero-order valence-corrected chi connectivity index (χ0v) is 16.5. The largest absolute Gasteiger partial charge is 0.336 e. The van der Waals surface area contributed by atoms with E-state index >= 15 is 0 Å². The van der Waals surface area contributed by atoms with Gasteiger partial charge in [-0.3, -0.25) is 9.59 Å². The molecule has 0 spiro atoms. The van der Waals surface area contributed by atoms with Crippen LogP contribution >= 0.6 is 11.6 Å². The van der Waals surface area contributed by atoms with Crippen molar-refractivity contribution >= 4 is 39.1 Å². The zero-order valence-electron chi connectivity index (χ0n) is 14.9. The Labute approximate surface area is 159 Å². The predicted molar refractivity (Wildman–Crippen MR) is 101 cm³/mol. The number of sulfonamides is 1. The van der Waals surface area contributed by atoms with Crippen molar-refractivity contribution in [3.05, 3.63) is 29.3 Å². The Hall–Kier alpha value is -1.64. The molecule has 0 atom stereocenters. The summed E-state index contributed by atoms with van der Waals surface area (Å²) in [4.78, 5) is 26.0. The Morgan fingerprint density at radius 1 is 1.27 bits per heavy atom. The van der Waals surface area contributed by atoms with Gasteiger partial charge in [-0.1, -0.05) is 23.7 Å². The normalized spacial score (nSPS) is 16.3. The van der Waals surface area contributed by atoms with Gasteiger partial charge in [0.05, 0.1) is 23.0 Å². The topological polar surface area (TPSA) is 86.8 Å². The number of rotatable bonds is 6. The molecule has 1 fully saturated rings. The Balaban J connectivity index is 1.86. The molecule has 2 rings (SSSR count). The minimum Gasteiger partial charge on any atom is -0.336 e. The lowest BCUT2D eigenvalue weighted by molar-refractivity contribution is -0.138. The second-order valence-corrected chi connectivity index (χ2v) is 8.96. The smallest absolute Gasteiger partial charge is 0.244 e. The van der Waals surface area contributed by atoms with Gasteiger partial charge in [-0.05, 0) is 31.9 Å². The number of halogens is 1. The fourth-order valence-electron chi connectivity index (χ4n) is 2.92. The minimum atomic E-state index is -3.22. The number of piperidine rings is 1. The highest BCUT2D eigenvalue weighted by Crippen LogP contribution is 2.22. The first-order valence-electron chi connectivity index (χ1n) is 8.51. The molecule has 1 saturated heterocycles. The lowest BCUT2D eigenvalue weighted by atomic mass is 9.96. The number of hydrogen-bond acceptors (Lipinski definition) is 4. The Bertz CT molecular complexity index is 761. The van der Waals surface area contributed by atoms with Crippen LogP contribution in [-0.4, -0.2) is 61.9 Å². The SMILES string of the molecule is CCS(=O)(=O)N1CCC(C(=O)N(C)CC(=O)Nc2ccccc2Cl)CC1. The standard InChI is InChI=1S/C17H24ClN3O4S/c1-3-26(24,25)21-10-8-13(9-11-21)17(23)20(2)12-16(22)19-15-7-5-4-6-14(15)18/h4-7,13H,3,8-12H2,1-2H3,(H,19,22). The van der Waals surface area contributed by atoms with E-state index < -0.39 is 10.0 Å². The third-order valence-corrected chi connectivity index (χ3v) is 6.68. The molecule has 9 heteroatoms. The van der Waals surface area contributed by atoms with E-state index in [-0.39, 0.29) is 30.0 Å². The van der Waals surface area contributed by atoms with Gasteiger partial charge in [0.15, 0.2) is 0 Å². The summed E-state index contributed by atoms with van der Waals surface area (Å²) in [6.45, 7) is 2.20. The number of amides is 2. The van der Waals surface area contributed by atoms with Crippen molar-refractivity contribution in [1.82, 2.24) is 9.21 Å². The highest BCUT2D eigenvalue weighted by atomic mass is 35.5. The van der Waals surface area contributed by atoms with E-state index in [1.807, 2.05) is 0 Å². The molecule has 0 unspecified atom stereocenters. The molecular weight excluding hydrogens is 378 g/mol. The third kappa shape index (κ3) is 5.18. The number of nitrogens with zero attached hydrogens (tertiary/aromatic N) is 2. The molecule has 1 aromatic carbocycles. The first kappa shape index (κ1) is 20.7. The number of para-hydroxylation sites is 1. The fraction of sp³-hybridized carbons (Fsp3) is 0.529. The quantitative estimate of drug-likeness (QED) is 0.787. The Morgan fingerprint density at radius 3 is 2.46 bits per heavy atom. The predicted octanol–water partition coefficient (Wildman–Crippen LogP) is 1.80. The van der Waals surface area contributed by atoms with E-state index in [1.165, 1.54) is 9.21 Å². The monoisotopic (exact) mass is 401 g/mol. The van der Waals surface area contributed by atoms with Crippen molar-refractivity contribution in [2.24, 2.45) is 5.92 Å². The van der Waals surface area contributed by atoms with E-state index in [9.17, 15) is 18.0 Å². The van der Waals surface area contributed by atoms with Gasteiger partial charge in [0.2, 0.25) is 21.8 Å². The molecule has 1 aliphatic rings. The van der Waals surface area contributed by atoms with E-state index in [1.54, 1.807) is 38.2 Å². The molecular formula is C17H24ClN3O4S. The van der Waals surface area contributed by atoms with Crippen molar-refractivity contribution < 1.29 is 18.0 Å². The highest BCUT2D eigenvalue weighted by molar-refractivity contribution is 7.89. The summed E-state index contributed by atoms with van der Waals surface area (Å²) in [5.41, 5.74) is 0.498. The molecule has 26 heavy (non-hydrogen) atoms. The van der Waals surface area contributed by atoms with Crippen LogP contribution < -0.4 is 5.32 Å². The molecule has 1 aromatic rings. The summed E-state index contributed by atoms with van der Waals surface area (Å²) >= 11 is 6.00. The van der Waals surface area contributed by atoms with Crippen molar-refractivity contribution in [3.8, 4) is 0 Å². The van der Waals surface area contributed by atoms with Gasteiger partial charge in [0, 0.05) is 26.1 Å². The van der Waals surface area contributed by atoms with Crippen molar-refractivity contribution in [2.75, 3.05) is 37.8 Å². The van der Waals surface area contributed by atoms with Gasteiger partial charge < -0.3 is 10.2 Å². The van der Waals surface area contributed by atoms with Crippen LogP contribution in [0.3, 0.4) is 0 Å². The van der Waals surface area contributed by atoms with Gasteiger partial charge in [0.1, 0.15) is 0 Å². The molecule has 1 heterocycles. The summed E-state index contributed by atoms with van der Waals surface area (Å²) in [6.07, 6.45) is 0.934. The molecule has 0 saturated carbocycles. The van der Waals surface area contributed by atoms with Crippen LogP contribution in [-0.2, 0) is 19.6 Å². The summed E-state index contributed by atoms with van der Waals surface area (Å²) < 4.78 is 25.2. The maximum Gasteiger partial charge on any atom is 0.244 e. The number of anilines is 1. The number of benzene rings is 1. The molecule has 144 valence electrons. The summed E-state index contributed by atoms with van der Waals surface area (Å²) in [6, 6.07) is 6.88. The Morgan fingerprint density at radius 2 is 1.88 bits per heavy atom. The van der Waals surface area contributed by atoms with Gasteiger partial charge in [-0.15, -0.1) is 0 Å². The molecule has 2 amide bonds. The van der Waals surface area contributed by atoms with E-state index in [0.29, 0.717) is 36.6 Å². The van der Waals surface area contributed by atoms with Gasteiger partial charge in [-0.2, -0.15) is 0 Å². The first-order valence-corrected chi connectivity index (χ1v) is 10.5. The van der Waals surface area contributed by atoms with E-state index in [2.05, 4.69) is 5.32 Å². The molecule has 1 N–H and O–H groups in total. The van der Waals surface area contributed by atoms with Crippen molar-refractivity contribution in [3.63, 3.8) is 0 Å².